The van der Waals surface area contributed by atoms with E-state index in [9.17, 15) is 4.79 Å². The first-order valence-electron chi connectivity index (χ1n) is 10.3. The minimum Gasteiger partial charge on any atom is -0.347 e. The molecule has 0 atom stereocenters. The van der Waals surface area contributed by atoms with E-state index in [-0.39, 0.29) is 6.03 Å². The molecule has 0 saturated carbocycles. The Morgan fingerprint density at radius 1 is 1.11 bits per heavy atom. The van der Waals surface area contributed by atoms with Crippen molar-refractivity contribution in [1.82, 2.24) is 25.2 Å². The molecule has 1 aromatic heterocycles. The Bertz CT molecular complexity index is 733. The Morgan fingerprint density at radius 2 is 1.89 bits per heavy atom. The van der Waals surface area contributed by atoms with Crippen molar-refractivity contribution >= 4 is 16.9 Å². The Labute approximate surface area is 162 Å². The van der Waals surface area contributed by atoms with Crippen LogP contribution in [-0.2, 0) is 13.0 Å². The second kappa shape index (κ2) is 9.76. The highest BCUT2D eigenvalue weighted by Crippen LogP contribution is 2.22. The van der Waals surface area contributed by atoms with Gasteiger partial charge in [-0.15, -0.1) is 0 Å². The summed E-state index contributed by atoms with van der Waals surface area (Å²) in [4.78, 5) is 14.3. The molecule has 6 nitrogen and oxygen atoms in total. The van der Waals surface area contributed by atoms with Crippen LogP contribution in [0.4, 0.5) is 4.79 Å². The minimum absolute atomic E-state index is 0.0794. The molecule has 0 spiro atoms. The maximum atomic E-state index is 11.9. The number of nitrogens with zero attached hydrogens (tertiary/aromatic N) is 3. The van der Waals surface area contributed by atoms with Crippen molar-refractivity contribution in [3.05, 3.63) is 36.0 Å². The molecule has 2 aromatic rings. The number of urea groups is 1. The van der Waals surface area contributed by atoms with Gasteiger partial charge in [-0.05, 0) is 31.4 Å². The third-order valence-corrected chi connectivity index (χ3v) is 5.36. The first-order chi connectivity index (χ1) is 13.2. The number of benzene rings is 1. The Hall–Kier alpha value is -2.05. The minimum atomic E-state index is -0.0794. The Morgan fingerprint density at radius 3 is 2.63 bits per heavy atom. The number of hydrogen-bond acceptors (Lipinski definition) is 3. The van der Waals surface area contributed by atoms with E-state index in [1.165, 1.54) is 16.5 Å². The van der Waals surface area contributed by atoms with Gasteiger partial charge in [-0.2, -0.15) is 0 Å². The van der Waals surface area contributed by atoms with Crippen molar-refractivity contribution in [2.45, 2.75) is 39.7 Å². The van der Waals surface area contributed by atoms with E-state index >= 15 is 0 Å². The van der Waals surface area contributed by atoms with Gasteiger partial charge in [0.05, 0.1) is 0 Å². The van der Waals surface area contributed by atoms with Crippen molar-refractivity contribution in [2.24, 2.45) is 0 Å². The van der Waals surface area contributed by atoms with E-state index in [0.717, 1.165) is 65.1 Å². The molecule has 1 aliphatic heterocycles. The first kappa shape index (κ1) is 19.7. The molecule has 6 heteroatoms. The summed E-state index contributed by atoms with van der Waals surface area (Å²) in [5.74, 6) is 0. The van der Waals surface area contributed by atoms with Crippen LogP contribution in [0.15, 0.2) is 30.5 Å². The van der Waals surface area contributed by atoms with Crippen LogP contribution in [0, 0.1) is 0 Å². The lowest BCUT2D eigenvalue weighted by Crippen LogP contribution is -2.55. The summed E-state index contributed by atoms with van der Waals surface area (Å²) in [6.45, 7) is 10.9. The predicted octanol–water partition coefficient (Wildman–Crippen LogP) is 2.84. The van der Waals surface area contributed by atoms with Crippen LogP contribution in [0.3, 0.4) is 0 Å². The highest BCUT2D eigenvalue weighted by molar-refractivity contribution is 5.84. The molecule has 2 heterocycles. The number of nitrogens with one attached hydrogen (secondary N) is 2. The van der Waals surface area contributed by atoms with Gasteiger partial charge in [0.15, 0.2) is 0 Å². The summed E-state index contributed by atoms with van der Waals surface area (Å²) in [5.41, 5.74) is 5.73. The molecule has 148 valence electrons. The zero-order chi connectivity index (χ0) is 19.1. The van der Waals surface area contributed by atoms with Crippen LogP contribution in [0.25, 0.3) is 10.9 Å². The number of aryl methyl sites for hydroxylation is 1. The standard InChI is InChI=1S/C21H33N5O/c1-3-5-11-22-21(27)23-26-15-13-24(14-16-26)12-10-18-17-25(4-2)20-9-7-6-8-19(18)20/h6-9,17H,3-5,10-16H2,1-2H3,(H2,22,23,27). The van der Waals surface area contributed by atoms with Crippen LogP contribution in [0.2, 0.25) is 0 Å². The van der Waals surface area contributed by atoms with Gasteiger partial charge in [-0.3, -0.25) is 5.43 Å². The number of hydrogen-bond donors (Lipinski definition) is 2. The molecular formula is C21H33N5O. The summed E-state index contributed by atoms with van der Waals surface area (Å²) in [5, 5.41) is 6.31. The van der Waals surface area contributed by atoms with E-state index in [0.29, 0.717) is 0 Å². The highest BCUT2D eigenvalue weighted by atomic mass is 16.2. The SMILES string of the molecule is CCCCNC(=O)NN1CCN(CCc2cn(CC)c3ccccc23)CC1. The number of fused-ring (bicyclic) bond motifs is 1. The van der Waals surface area contributed by atoms with Gasteiger partial charge >= 0.3 is 6.03 Å². The van der Waals surface area contributed by atoms with Crippen LogP contribution in [0.5, 0.6) is 0 Å². The largest absolute Gasteiger partial charge is 0.347 e. The molecule has 27 heavy (non-hydrogen) atoms. The van der Waals surface area contributed by atoms with Gasteiger partial charge in [0.1, 0.15) is 0 Å². The molecule has 1 fully saturated rings. The zero-order valence-electron chi connectivity index (χ0n) is 16.7. The summed E-state index contributed by atoms with van der Waals surface area (Å²) in [6, 6.07) is 8.60. The van der Waals surface area contributed by atoms with Gasteiger partial charge in [0.2, 0.25) is 0 Å². The third kappa shape index (κ3) is 5.23. The van der Waals surface area contributed by atoms with Gasteiger partial charge in [-0.1, -0.05) is 31.5 Å². The molecule has 0 unspecified atom stereocenters. The molecular weight excluding hydrogens is 338 g/mol. The van der Waals surface area contributed by atoms with E-state index in [2.05, 4.69) is 64.5 Å². The Balaban J connectivity index is 1.44. The lowest BCUT2D eigenvalue weighted by Gasteiger charge is -2.34. The number of aromatic nitrogens is 1. The zero-order valence-corrected chi connectivity index (χ0v) is 16.7. The fourth-order valence-electron chi connectivity index (χ4n) is 3.71. The summed E-state index contributed by atoms with van der Waals surface area (Å²) >= 11 is 0. The topological polar surface area (TPSA) is 52.5 Å². The fourth-order valence-corrected chi connectivity index (χ4v) is 3.71. The van der Waals surface area contributed by atoms with Gasteiger partial charge in [0, 0.05) is 62.9 Å². The van der Waals surface area contributed by atoms with Crippen LogP contribution in [0.1, 0.15) is 32.3 Å². The smallest absolute Gasteiger partial charge is 0.329 e. The van der Waals surface area contributed by atoms with E-state index in [4.69, 9.17) is 0 Å². The molecule has 0 aliphatic carbocycles. The fraction of sp³-hybridized carbons (Fsp3) is 0.571. The third-order valence-electron chi connectivity index (χ3n) is 5.36. The van der Waals surface area contributed by atoms with Crippen molar-refractivity contribution in [1.29, 1.82) is 0 Å². The molecule has 0 radical (unpaired) electrons. The van der Waals surface area contributed by atoms with Crippen molar-refractivity contribution < 1.29 is 4.79 Å². The van der Waals surface area contributed by atoms with Gasteiger partial charge in [-0.25, -0.2) is 9.80 Å². The van der Waals surface area contributed by atoms with Crippen molar-refractivity contribution in [2.75, 3.05) is 39.3 Å². The average Bonchev–Trinajstić information content (AvgIpc) is 3.06. The van der Waals surface area contributed by atoms with E-state index < -0.39 is 0 Å². The van der Waals surface area contributed by atoms with E-state index in [1.807, 2.05) is 5.01 Å². The van der Waals surface area contributed by atoms with Crippen LogP contribution >= 0.6 is 0 Å². The van der Waals surface area contributed by atoms with Crippen molar-refractivity contribution in [3.8, 4) is 0 Å². The first-order valence-corrected chi connectivity index (χ1v) is 10.3. The maximum Gasteiger partial charge on any atom is 0.329 e. The second-order valence-electron chi connectivity index (χ2n) is 7.26. The van der Waals surface area contributed by atoms with Gasteiger partial charge in [0.25, 0.3) is 0 Å². The molecule has 3 rings (SSSR count). The van der Waals surface area contributed by atoms with Crippen molar-refractivity contribution in [3.63, 3.8) is 0 Å². The maximum absolute atomic E-state index is 11.9. The Kier molecular flexibility index (Phi) is 7.12. The number of hydrazine groups is 1. The normalized spacial score (nSPS) is 15.9. The molecule has 1 aliphatic rings. The van der Waals surface area contributed by atoms with Crippen LogP contribution in [-0.4, -0.2) is 59.8 Å². The lowest BCUT2D eigenvalue weighted by molar-refractivity contribution is 0.0987. The predicted molar refractivity (Wildman–Crippen MR) is 111 cm³/mol. The number of amides is 2. The number of unbranched alkanes of at least 4 members (excludes halogenated alkanes) is 1. The number of piperazine rings is 1. The average molecular weight is 372 g/mol. The number of rotatable bonds is 8. The number of para-hydroxylation sites is 1. The molecule has 2 N–H and O–H groups in total. The summed E-state index contributed by atoms with van der Waals surface area (Å²) in [7, 11) is 0. The summed E-state index contributed by atoms with van der Waals surface area (Å²) in [6.07, 6.45) is 5.49. The molecule has 1 aromatic carbocycles. The number of carbonyl (C=O) groups is 1. The monoisotopic (exact) mass is 371 g/mol. The number of carbonyl (C=O) groups excluding carboxylic acids is 1. The molecule has 1 saturated heterocycles. The molecule has 2 amide bonds. The lowest BCUT2D eigenvalue weighted by atomic mass is 10.1. The molecule has 0 bridgehead atoms. The van der Waals surface area contributed by atoms with E-state index in [1.54, 1.807) is 0 Å². The highest BCUT2D eigenvalue weighted by Gasteiger charge is 2.18. The second-order valence-corrected chi connectivity index (χ2v) is 7.26. The quantitative estimate of drug-likeness (QED) is 0.702. The van der Waals surface area contributed by atoms with Crippen LogP contribution < -0.4 is 10.7 Å². The summed E-state index contributed by atoms with van der Waals surface area (Å²) < 4.78 is 2.34. The van der Waals surface area contributed by atoms with Gasteiger partial charge < -0.3 is 14.8 Å².